The third-order valence-electron chi connectivity index (χ3n) is 2.76. The first-order valence-electron chi connectivity index (χ1n) is 5.59. The second-order valence-electron chi connectivity index (χ2n) is 4.01. The molecule has 5 heteroatoms. The Balaban J connectivity index is 2.08. The Morgan fingerprint density at radius 2 is 2.00 bits per heavy atom. The average Bonchev–Trinajstić information content (AvgIpc) is 2.86. The predicted octanol–water partition coefficient (Wildman–Crippen LogP) is 2.70. The van der Waals surface area contributed by atoms with Gasteiger partial charge in [-0.15, -0.1) is 11.3 Å². The van der Waals surface area contributed by atoms with Crippen molar-refractivity contribution in [2.24, 2.45) is 0 Å². The second-order valence-corrected chi connectivity index (χ2v) is 4.86. The van der Waals surface area contributed by atoms with Crippen molar-refractivity contribution in [1.82, 2.24) is 4.98 Å². The number of thiazole rings is 1. The number of rotatable bonds is 2. The molecule has 92 valence electrons. The topological polar surface area (TPSA) is 48.4 Å². The molecule has 0 saturated heterocycles. The number of hydrogen-bond donors (Lipinski definition) is 0. The van der Waals surface area contributed by atoms with E-state index in [0.29, 0.717) is 18.9 Å². The molecular formula is C13H11NO3S. The van der Waals surface area contributed by atoms with Crippen molar-refractivity contribution in [1.29, 1.82) is 0 Å². The lowest BCUT2D eigenvalue weighted by atomic mass is 10.1. The zero-order valence-electron chi connectivity index (χ0n) is 9.80. The lowest BCUT2D eigenvalue weighted by molar-refractivity contribution is 0.111. The standard InChI is InChI=1S/C13H11NO3S/c1-8-4-11-12(17-3-2-16-11)5-10(8)13-14-9(6-15)7-18-13/h4-7H,2-3H2,1H3. The number of nitrogens with zero attached hydrogens (tertiary/aromatic N) is 1. The van der Waals surface area contributed by atoms with E-state index in [9.17, 15) is 4.79 Å². The van der Waals surface area contributed by atoms with Crippen molar-refractivity contribution < 1.29 is 14.3 Å². The molecule has 0 radical (unpaired) electrons. The molecule has 1 aromatic heterocycles. The fourth-order valence-corrected chi connectivity index (χ4v) is 2.73. The summed E-state index contributed by atoms with van der Waals surface area (Å²) in [5.74, 6) is 1.51. The molecule has 0 aliphatic carbocycles. The van der Waals surface area contributed by atoms with Gasteiger partial charge in [-0.25, -0.2) is 4.98 Å². The van der Waals surface area contributed by atoms with Gasteiger partial charge < -0.3 is 9.47 Å². The SMILES string of the molecule is Cc1cc2c(cc1-c1nc(C=O)cs1)OCCO2. The summed E-state index contributed by atoms with van der Waals surface area (Å²) in [4.78, 5) is 14.9. The lowest BCUT2D eigenvalue weighted by Gasteiger charge is -2.19. The number of carbonyl (C=O) groups excluding carboxylic acids is 1. The fourth-order valence-electron chi connectivity index (χ4n) is 1.88. The van der Waals surface area contributed by atoms with Crippen LogP contribution < -0.4 is 9.47 Å². The fraction of sp³-hybridized carbons (Fsp3) is 0.231. The van der Waals surface area contributed by atoms with E-state index < -0.39 is 0 Å². The Bertz CT molecular complexity index is 606. The van der Waals surface area contributed by atoms with E-state index >= 15 is 0 Å². The van der Waals surface area contributed by atoms with E-state index in [0.717, 1.165) is 33.9 Å². The monoisotopic (exact) mass is 261 g/mol. The molecule has 0 bridgehead atoms. The molecular weight excluding hydrogens is 250 g/mol. The van der Waals surface area contributed by atoms with Gasteiger partial charge >= 0.3 is 0 Å². The largest absolute Gasteiger partial charge is 0.486 e. The summed E-state index contributed by atoms with van der Waals surface area (Å²) in [6, 6.07) is 3.88. The molecule has 3 rings (SSSR count). The van der Waals surface area contributed by atoms with Gasteiger partial charge in [0.2, 0.25) is 0 Å². The van der Waals surface area contributed by atoms with Crippen molar-refractivity contribution in [3.63, 3.8) is 0 Å². The molecule has 0 N–H and O–H groups in total. The number of fused-ring (bicyclic) bond motifs is 1. The van der Waals surface area contributed by atoms with E-state index in [4.69, 9.17) is 9.47 Å². The Kier molecular flexibility index (Phi) is 2.76. The summed E-state index contributed by atoms with van der Waals surface area (Å²) < 4.78 is 11.1. The van der Waals surface area contributed by atoms with Crippen molar-refractivity contribution in [3.8, 4) is 22.1 Å². The molecule has 0 spiro atoms. The first-order valence-corrected chi connectivity index (χ1v) is 6.47. The van der Waals surface area contributed by atoms with Gasteiger partial charge in [-0.05, 0) is 24.6 Å². The molecule has 2 aromatic rings. The smallest absolute Gasteiger partial charge is 0.169 e. The molecule has 0 unspecified atom stereocenters. The Hall–Kier alpha value is -1.88. The van der Waals surface area contributed by atoms with Gasteiger partial charge in [0.1, 0.15) is 23.9 Å². The van der Waals surface area contributed by atoms with Crippen LogP contribution in [0.1, 0.15) is 16.1 Å². The quantitative estimate of drug-likeness (QED) is 0.780. The minimum Gasteiger partial charge on any atom is -0.486 e. The van der Waals surface area contributed by atoms with E-state index in [1.165, 1.54) is 11.3 Å². The van der Waals surface area contributed by atoms with Crippen molar-refractivity contribution in [2.45, 2.75) is 6.92 Å². The molecule has 0 fully saturated rings. The van der Waals surface area contributed by atoms with Crippen molar-refractivity contribution in [2.75, 3.05) is 13.2 Å². The predicted molar refractivity (Wildman–Crippen MR) is 68.7 cm³/mol. The Morgan fingerprint density at radius 3 is 2.67 bits per heavy atom. The van der Waals surface area contributed by atoms with Crippen LogP contribution in [0.4, 0.5) is 0 Å². The van der Waals surface area contributed by atoms with Crippen LogP contribution in [0.15, 0.2) is 17.5 Å². The third kappa shape index (κ3) is 1.86. The lowest BCUT2D eigenvalue weighted by Crippen LogP contribution is -2.15. The zero-order chi connectivity index (χ0) is 12.5. The van der Waals surface area contributed by atoms with Crippen LogP contribution in [-0.4, -0.2) is 24.5 Å². The highest BCUT2D eigenvalue weighted by Crippen LogP contribution is 2.37. The maximum atomic E-state index is 10.7. The van der Waals surface area contributed by atoms with Crippen LogP contribution in [0.3, 0.4) is 0 Å². The third-order valence-corrected chi connectivity index (χ3v) is 3.66. The van der Waals surface area contributed by atoms with Crippen LogP contribution in [-0.2, 0) is 0 Å². The summed E-state index contributed by atoms with van der Waals surface area (Å²) >= 11 is 1.45. The molecule has 0 saturated carbocycles. The molecule has 2 heterocycles. The molecule has 18 heavy (non-hydrogen) atoms. The molecule has 1 aliphatic heterocycles. The molecule has 0 amide bonds. The average molecular weight is 261 g/mol. The summed E-state index contributed by atoms with van der Waals surface area (Å²) in [6.07, 6.45) is 0.757. The minimum absolute atomic E-state index is 0.462. The maximum absolute atomic E-state index is 10.7. The van der Waals surface area contributed by atoms with Gasteiger partial charge in [0.05, 0.1) is 0 Å². The molecule has 1 aliphatic rings. The first-order chi connectivity index (χ1) is 8.78. The maximum Gasteiger partial charge on any atom is 0.169 e. The highest BCUT2D eigenvalue weighted by atomic mass is 32.1. The summed E-state index contributed by atoms with van der Waals surface area (Å²) in [6.45, 7) is 3.14. The summed E-state index contributed by atoms with van der Waals surface area (Å²) in [7, 11) is 0. The second kappa shape index (κ2) is 4.42. The van der Waals surface area contributed by atoms with Crippen LogP contribution in [0.2, 0.25) is 0 Å². The van der Waals surface area contributed by atoms with Crippen molar-refractivity contribution in [3.05, 3.63) is 28.8 Å². The van der Waals surface area contributed by atoms with Gasteiger partial charge in [-0.3, -0.25) is 4.79 Å². The molecule has 4 nitrogen and oxygen atoms in total. The van der Waals surface area contributed by atoms with Crippen molar-refractivity contribution >= 4 is 17.6 Å². The normalized spacial score (nSPS) is 13.4. The van der Waals surface area contributed by atoms with E-state index in [2.05, 4.69) is 4.98 Å². The van der Waals surface area contributed by atoms with Gasteiger partial charge in [0.15, 0.2) is 17.8 Å². The molecule has 1 aromatic carbocycles. The van der Waals surface area contributed by atoms with E-state index in [1.54, 1.807) is 5.38 Å². The van der Waals surface area contributed by atoms with Crippen LogP contribution >= 0.6 is 11.3 Å². The van der Waals surface area contributed by atoms with Crippen LogP contribution in [0.25, 0.3) is 10.6 Å². The Labute approximate surface area is 108 Å². The number of ether oxygens (including phenoxy) is 2. The van der Waals surface area contributed by atoms with Gasteiger partial charge in [-0.2, -0.15) is 0 Å². The number of aryl methyl sites for hydroxylation is 1. The highest BCUT2D eigenvalue weighted by molar-refractivity contribution is 7.13. The van der Waals surface area contributed by atoms with Crippen LogP contribution in [0, 0.1) is 6.92 Å². The number of aromatic nitrogens is 1. The highest BCUT2D eigenvalue weighted by Gasteiger charge is 2.16. The summed E-state index contributed by atoms with van der Waals surface area (Å²) in [5.41, 5.74) is 2.51. The Morgan fingerprint density at radius 1 is 1.28 bits per heavy atom. The zero-order valence-corrected chi connectivity index (χ0v) is 10.6. The number of benzene rings is 1. The minimum atomic E-state index is 0.462. The number of aldehydes is 1. The van der Waals surface area contributed by atoms with Gasteiger partial charge in [0, 0.05) is 10.9 Å². The van der Waals surface area contributed by atoms with E-state index in [1.807, 2.05) is 19.1 Å². The number of carbonyl (C=O) groups is 1. The molecule has 0 atom stereocenters. The number of hydrogen-bond acceptors (Lipinski definition) is 5. The first kappa shape index (κ1) is 11.2. The summed E-state index contributed by atoms with van der Waals surface area (Å²) in [5, 5.41) is 2.57. The van der Waals surface area contributed by atoms with E-state index in [-0.39, 0.29) is 0 Å². The van der Waals surface area contributed by atoms with Crippen LogP contribution in [0.5, 0.6) is 11.5 Å². The van der Waals surface area contributed by atoms with Gasteiger partial charge in [0.25, 0.3) is 0 Å². The van der Waals surface area contributed by atoms with Gasteiger partial charge in [-0.1, -0.05) is 0 Å².